The number of nitrogens with zero attached hydrogens (tertiary/aromatic N) is 2. The molecule has 1 atom stereocenters. The van der Waals surface area contributed by atoms with Crippen LogP contribution < -0.4 is 5.32 Å². The van der Waals surface area contributed by atoms with Crippen LogP contribution in [0.4, 0.5) is 0 Å². The smallest absolute Gasteiger partial charge is 0.194 e. The van der Waals surface area contributed by atoms with Gasteiger partial charge in [-0.15, -0.1) is 0 Å². The van der Waals surface area contributed by atoms with Crippen LogP contribution >= 0.6 is 27.3 Å². The highest BCUT2D eigenvalue weighted by Gasteiger charge is 2.21. The van der Waals surface area contributed by atoms with Crippen molar-refractivity contribution in [2.24, 2.45) is 4.99 Å². The molecule has 1 aliphatic heterocycles. The van der Waals surface area contributed by atoms with Crippen LogP contribution in [-0.4, -0.2) is 24.5 Å². The third-order valence-electron chi connectivity index (χ3n) is 3.39. The maximum Gasteiger partial charge on any atom is 0.194 e. The maximum atomic E-state index is 4.62. The average Bonchev–Trinajstić information content (AvgIpc) is 3.10. The molecule has 5 heteroatoms. The predicted molar refractivity (Wildman–Crippen MR) is 88.1 cm³/mol. The Morgan fingerprint density at radius 2 is 2.15 bits per heavy atom. The standard InChI is InChI=1S/C15H16BrN3S/c1-19(8-12-9-20-10-13(12)16)15-17-7-14(18-15)11-5-3-2-4-6-11/h2-6,9-10,14H,7-8H2,1H3,(H,17,18). The predicted octanol–water partition coefficient (Wildman–Crippen LogP) is 3.64. The van der Waals surface area contributed by atoms with E-state index in [-0.39, 0.29) is 0 Å². The van der Waals surface area contributed by atoms with Crippen LogP contribution in [-0.2, 0) is 6.54 Å². The number of hydrogen-bond donors (Lipinski definition) is 1. The molecule has 104 valence electrons. The number of rotatable bonds is 3. The monoisotopic (exact) mass is 349 g/mol. The van der Waals surface area contributed by atoms with E-state index < -0.39 is 0 Å². The topological polar surface area (TPSA) is 27.6 Å². The molecule has 2 heterocycles. The summed E-state index contributed by atoms with van der Waals surface area (Å²) >= 11 is 5.29. The summed E-state index contributed by atoms with van der Waals surface area (Å²) in [5, 5.41) is 7.79. The van der Waals surface area contributed by atoms with Crippen molar-refractivity contribution in [3.8, 4) is 0 Å². The maximum absolute atomic E-state index is 4.62. The van der Waals surface area contributed by atoms with E-state index in [4.69, 9.17) is 0 Å². The summed E-state index contributed by atoms with van der Waals surface area (Å²) in [5.74, 6) is 0.969. The Hall–Kier alpha value is -1.33. The Morgan fingerprint density at radius 1 is 1.35 bits per heavy atom. The molecule has 20 heavy (non-hydrogen) atoms. The van der Waals surface area contributed by atoms with Crippen LogP contribution in [0.15, 0.2) is 50.6 Å². The molecule has 3 rings (SSSR count). The minimum atomic E-state index is 0.291. The van der Waals surface area contributed by atoms with Crippen LogP contribution in [0.25, 0.3) is 0 Å². The Kier molecular flexibility index (Phi) is 4.08. The number of hydrogen-bond acceptors (Lipinski definition) is 4. The molecular formula is C15H16BrN3S. The number of thiophene rings is 1. The zero-order valence-corrected chi connectivity index (χ0v) is 13.6. The zero-order chi connectivity index (χ0) is 13.9. The van der Waals surface area contributed by atoms with Crippen LogP contribution in [0.5, 0.6) is 0 Å². The molecule has 1 aromatic heterocycles. The van der Waals surface area contributed by atoms with Gasteiger partial charge < -0.3 is 10.2 Å². The quantitative estimate of drug-likeness (QED) is 0.915. The molecule has 1 aromatic carbocycles. The van der Waals surface area contributed by atoms with E-state index in [0.717, 1.165) is 19.0 Å². The molecule has 1 N–H and O–H groups in total. The van der Waals surface area contributed by atoms with E-state index in [0.29, 0.717) is 6.04 Å². The van der Waals surface area contributed by atoms with Crippen molar-refractivity contribution in [2.45, 2.75) is 12.6 Å². The fourth-order valence-corrected chi connectivity index (χ4v) is 3.70. The van der Waals surface area contributed by atoms with Gasteiger partial charge in [0.25, 0.3) is 0 Å². The molecule has 2 aromatic rings. The largest absolute Gasteiger partial charge is 0.348 e. The lowest BCUT2D eigenvalue weighted by Crippen LogP contribution is -2.36. The van der Waals surface area contributed by atoms with Gasteiger partial charge in [-0.05, 0) is 32.4 Å². The molecule has 3 nitrogen and oxygen atoms in total. The normalized spacial score (nSPS) is 17.7. The van der Waals surface area contributed by atoms with Gasteiger partial charge in [0, 0.05) is 23.4 Å². The molecule has 0 radical (unpaired) electrons. The molecular weight excluding hydrogens is 334 g/mol. The van der Waals surface area contributed by atoms with Gasteiger partial charge in [0.15, 0.2) is 5.96 Å². The lowest BCUT2D eigenvalue weighted by atomic mass is 10.1. The van der Waals surface area contributed by atoms with Crippen LogP contribution in [0.2, 0.25) is 0 Å². The molecule has 0 saturated carbocycles. The minimum Gasteiger partial charge on any atom is -0.348 e. The van der Waals surface area contributed by atoms with Crippen molar-refractivity contribution in [3.05, 3.63) is 56.7 Å². The second-order valence-electron chi connectivity index (χ2n) is 4.87. The van der Waals surface area contributed by atoms with Gasteiger partial charge in [-0.1, -0.05) is 30.3 Å². The third-order valence-corrected chi connectivity index (χ3v) is 5.22. The summed E-state index contributed by atoms with van der Waals surface area (Å²) in [5.41, 5.74) is 2.58. The number of guanidine groups is 1. The number of nitrogens with one attached hydrogen (secondary N) is 1. The fraction of sp³-hybridized carbons (Fsp3) is 0.267. The van der Waals surface area contributed by atoms with Crippen molar-refractivity contribution in [3.63, 3.8) is 0 Å². The van der Waals surface area contributed by atoms with Gasteiger partial charge >= 0.3 is 0 Å². The number of halogens is 1. The first-order chi connectivity index (χ1) is 9.74. The van der Waals surface area contributed by atoms with Gasteiger partial charge in [-0.25, -0.2) is 0 Å². The van der Waals surface area contributed by atoms with Gasteiger partial charge in [-0.3, -0.25) is 4.99 Å². The van der Waals surface area contributed by atoms with E-state index in [9.17, 15) is 0 Å². The van der Waals surface area contributed by atoms with E-state index in [1.54, 1.807) is 11.3 Å². The summed E-state index contributed by atoms with van der Waals surface area (Å²) in [6, 6.07) is 10.8. The molecule has 1 aliphatic rings. The SMILES string of the molecule is CN(Cc1cscc1Br)C1=NCC(c2ccccc2)N1. The van der Waals surface area contributed by atoms with Crippen LogP contribution in [0.1, 0.15) is 17.2 Å². The van der Waals surface area contributed by atoms with Gasteiger partial charge in [0.2, 0.25) is 0 Å². The molecule has 0 saturated heterocycles. The fourth-order valence-electron chi connectivity index (χ4n) is 2.28. The van der Waals surface area contributed by atoms with Crippen molar-refractivity contribution >= 4 is 33.2 Å². The first-order valence-electron chi connectivity index (χ1n) is 6.51. The van der Waals surface area contributed by atoms with E-state index in [1.165, 1.54) is 15.6 Å². The summed E-state index contributed by atoms with van der Waals surface area (Å²) in [6.07, 6.45) is 0. The van der Waals surface area contributed by atoms with Gasteiger partial charge in [-0.2, -0.15) is 11.3 Å². The zero-order valence-electron chi connectivity index (χ0n) is 11.2. The summed E-state index contributed by atoms with van der Waals surface area (Å²) in [4.78, 5) is 6.79. The van der Waals surface area contributed by atoms with Crippen molar-refractivity contribution < 1.29 is 0 Å². The highest BCUT2D eigenvalue weighted by molar-refractivity contribution is 9.10. The summed E-state index contributed by atoms with van der Waals surface area (Å²) in [6.45, 7) is 1.66. The van der Waals surface area contributed by atoms with Crippen LogP contribution in [0, 0.1) is 0 Å². The number of benzene rings is 1. The summed E-state index contributed by atoms with van der Waals surface area (Å²) in [7, 11) is 2.07. The third kappa shape index (κ3) is 2.88. The summed E-state index contributed by atoms with van der Waals surface area (Å²) < 4.78 is 1.17. The Labute approximate surface area is 131 Å². The first kappa shape index (κ1) is 13.6. The molecule has 0 spiro atoms. The first-order valence-corrected chi connectivity index (χ1v) is 8.25. The lowest BCUT2D eigenvalue weighted by Gasteiger charge is -2.21. The highest BCUT2D eigenvalue weighted by atomic mass is 79.9. The second-order valence-corrected chi connectivity index (χ2v) is 6.47. The molecule has 1 unspecified atom stereocenters. The van der Waals surface area contributed by atoms with Crippen molar-refractivity contribution in [2.75, 3.05) is 13.6 Å². The average molecular weight is 350 g/mol. The van der Waals surface area contributed by atoms with Gasteiger partial charge in [0.1, 0.15) is 0 Å². The van der Waals surface area contributed by atoms with Crippen LogP contribution in [0.3, 0.4) is 0 Å². The second kappa shape index (κ2) is 5.97. The highest BCUT2D eigenvalue weighted by Crippen LogP contribution is 2.23. The minimum absolute atomic E-state index is 0.291. The van der Waals surface area contributed by atoms with Crippen molar-refractivity contribution in [1.29, 1.82) is 0 Å². The molecule has 0 aliphatic carbocycles. The Bertz CT molecular complexity index is 609. The Morgan fingerprint density at radius 3 is 2.85 bits per heavy atom. The molecule has 0 bridgehead atoms. The van der Waals surface area contributed by atoms with E-state index in [1.807, 2.05) is 6.07 Å². The Balaban J connectivity index is 1.63. The number of aliphatic imine (C=N–C) groups is 1. The van der Waals surface area contributed by atoms with E-state index in [2.05, 4.69) is 73.2 Å². The molecule has 0 amide bonds. The van der Waals surface area contributed by atoms with E-state index >= 15 is 0 Å². The van der Waals surface area contributed by atoms with Gasteiger partial charge in [0.05, 0.1) is 12.6 Å². The van der Waals surface area contributed by atoms with Crippen molar-refractivity contribution in [1.82, 2.24) is 10.2 Å². The lowest BCUT2D eigenvalue weighted by molar-refractivity contribution is 0.480. The molecule has 0 fully saturated rings.